The number of carbonyl (C=O) groups excluding carboxylic acids is 1. The summed E-state index contributed by atoms with van der Waals surface area (Å²) < 4.78 is 5.77. The van der Waals surface area contributed by atoms with E-state index in [0.717, 1.165) is 18.4 Å². The number of amides is 1. The summed E-state index contributed by atoms with van der Waals surface area (Å²) >= 11 is 0. The Labute approximate surface area is 140 Å². The molecule has 2 rings (SSSR count). The zero-order valence-corrected chi connectivity index (χ0v) is 15.1. The first-order valence-corrected chi connectivity index (χ1v) is 8.89. The predicted octanol–water partition coefficient (Wildman–Crippen LogP) is 4.34. The van der Waals surface area contributed by atoms with Crippen LogP contribution in [0.2, 0.25) is 0 Å². The Bertz CT molecular complexity index is 498. The molecule has 1 aliphatic heterocycles. The monoisotopic (exact) mass is 317 g/mol. The maximum Gasteiger partial charge on any atom is 0.223 e. The van der Waals surface area contributed by atoms with Gasteiger partial charge in [-0.3, -0.25) is 4.79 Å². The lowest BCUT2D eigenvalue weighted by molar-refractivity contribution is -0.127. The molecule has 0 saturated carbocycles. The van der Waals surface area contributed by atoms with Crippen molar-refractivity contribution < 1.29 is 9.53 Å². The van der Waals surface area contributed by atoms with Crippen molar-refractivity contribution in [2.24, 2.45) is 17.8 Å². The second kappa shape index (κ2) is 7.96. The summed E-state index contributed by atoms with van der Waals surface area (Å²) in [4.78, 5) is 12.7. The minimum atomic E-state index is 0.0170. The van der Waals surface area contributed by atoms with Crippen molar-refractivity contribution in [3.8, 4) is 0 Å². The summed E-state index contributed by atoms with van der Waals surface area (Å²) in [5.41, 5.74) is 1.14. The van der Waals surface area contributed by atoms with Crippen LogP contribution < -0.4 is 5.32 Å². The summed E-state index contributed by atoms with van der Waals surface area (Å²) in [5, 5.41) is 3.17. The van der Waals surface area contributed by atoms with Crippen LogP contribution >= 0.6 is 0 Å². The quantitative estimate of drug-likeness (QED) is 0.725. The number of rotatable bonds is 8. The molecule has 128 valence electrons. The van der Waals surface area contributed by atoms with Crippen LogP contribution in [-0.4, -0.2) is 18.1 Å². The lowest BCUT2D eigenvalue weighted by atomic mass is 9.88. The molecule has 1 N–H and O–H groups in total. The summed E-state index contributed by atoms with van der Waals surface area (Å²) in [6.07, 6.45) is 2.55. The molecule has 1 amide bonds. The van der Waals surface area contributed by atoms with Gasteiger partial charge < -0.3 is 10.1 Å². The second-order valence-electron chi connectivity index (χ2n) is 7.57. The fraction of sp³-hybridized carbons (Fsp3) is 0.650. The molecule has 3 heteroatoms. The summed E-state index contributed by atoms with van der Waals surface area (Å²) in [6.45, 7) is 10.7. The van der Waals surface area contributed by atoms with Crippen molar-refractivity contribution in [2.75, 3.05) is 0 Å². The standard InChI is InChI=1S/C20H31NO2/c1-13(2)11-18-19(23-18)12-17(14(3)4)20(22)21-15(5)16-9-7-6-8-10-16/h6-10,13-15,17-19H,11-12H2,1-5H3,(H,21,22)/t15-,17-,18+,19+/m0/s1. The van der Waals surface area contributed by atoms with Crippen LogP contribution in [-0.2, 0) is 9.53 Å². The average molecular weight is 317 g/mol. The lowest BCUT2D eigenvalue weighted by Crippen LogP contribution is -2.36. The third-order valence-corrected chi connectivity index (χ3v) is 4.68. The van der Waals surface area contributed by atoms with E-state index >= 15 is 0 Å². The van der Waals surface area contributed by atoms with Gasteiger partial charge in [-0.25, -0.2) is 0 Å². The van der Waals surface area contributed by atoms with Crippen molar-refractivity contribution in [2.45, 2.75) is 65.7 Å². The number of ether oxygens (including phenoxy) is 1. The first-order valence-electron chi connectivity index (χ1n) is 8.89. The molecule has 0 bridgehead atoms. The van der Waals surface area contributed by atoms with E-state index in [9.17, 15) is 4.79 Å². The Morgan fingerprint density at radius 1 is 1.04 bits per heavy atom. The Kier molecular flexibility index (Phi) is 6.23. The molecule has 0 spiro atoms. The van der Waals surface area contributed by atoms with Gasteiger partial charge in [0.15, 0.2) is 0 Å². The van der Waals surface area contributed by atoms with E-state index in [-0.39, 0.29) is 24.0 Å². The summed E-state index contributed by atoms with van der Waals surface area (Å²) in [5.74, 6) is 1.13. The van der Waals surface area contributed by atoms with Gasteiger partial charge >= 0.3 is 0 Å². The van der Waals surface area contributed by atoms with Crippen molar-refractivity contribution >= 4 is 5.91 Å². The van der Waals surface area contributed by atoms with Gasteiger partial charge in [-0.05, 0) is 37.2 Å². The molecule has 1 aromatic rings. The number of hydrogen-bond donors (Lipinski definition) is 1. The number of epoxide rings is 1. The smallest absolute Gasteiger partial charge is 0.223 e. The molecule has 1 aromatic carbocycles. The van der Waals surface area contributed by atoms with Crippen LogP contribution in [0.5, 0.6) is 0 Å². The first kappa shape index (κ1) is 18.0. The molecule has 0 aromatic heterocycles. The van der Waals surface area contributed by atoms with Crippen molar-refractivity contribution in [1.82, 2.24) is 5.32 Å². The van der Waals surface area contributed by atoms with E-state index in [4.69, 9.17) is 4.74 Å². The van der Waals surface area contributed by atoms with Crippen LogP contribution in [0.3, 0.4) is 0 Å². The molecule has 1 saturated heterocycles. The highest BCUT2D eigenvalue weighted by Crippen LogP contribution is 2.35. The Morgan fingerprint density at radius 2 is 1.65 bits per heavy atom. The highest BCUT2D eigenvalue weighted by molar-refractivity contribution is 5.79. The van der Waals surface area contributed by atoms with E-state index in [2.05, 4.69) is 45.1 Å². The first-order chi connectivity index (χ1) is 10.9. The molecule has 4 atom stereocenters. The van der Waals surface area contributed by atoms with E-state index in [1.165, 1.54) is 0 Å². The van der Waals surface area contributed by atoms with Gasteiger partial charge in [-0.1, -0.05) is 58.0 Å². The Morgan fingerprint density at radius 3 is 2.22 bits per heavy atom. The highest BCUT2D eigenvalue weighted by Gasteiger charge is 2.42. The third kappa shape index (κ3) is 5.35. The zero-order chi connectivity index (χ0) is 17.0. The molecule has 1 heterocycles. The number of benzene rings is 1. The van der Waals surface area contributed by atoms with Crippen molar-refractivity contribution in [3.63, 3.8) is 0 Å². The molecule has 0 radical (unpaired) electrons. The predicted molar refractivity (Wildman–Crippen MR) is 94.1 cm³/mol. The summed E-state index contributed by atoms with van der Waals surface area (Å²) in [7, 11) is 0. The third-order valence-electron chi connectivity index (χ3n) is 4.68. The molecular weight excluding hydrogens is 286 g/mol. The highest BCUT2D eigenvalue weighted by atomic mass is 16.6. The van der Waals surface area contributed by atoms with Gasteiger partial charge in [0.05, 0.1) is 18.2 Å². The van der Waals surface area contributed by atoms with Gasteiger partial charge in [0.2, 0.25) is 5.91 Å². The minimum Gasteiger partial charge on any atom is -0.370 e. The van der Waals surface area contributed by atoms with E-state index in [1.807, 2.05) is 25.1 Å². The van der Waals surface area contributed by atoms with Gasteiger partial charge in [0.1, 0.15) is 0 Å². The Hall–Kier alpha value is -1.35. The fourth-order valence-corrected chi connectivity index (χ4v) is 3.14. The van der Waals surface area contributed by atoms with E-state index in [1.54, 1.807) is 0 Å². The van der Waals surface area contributed by atoms with Crippen LogP contribution in [0, 0.1) is 17.8 Å². The number of nitrogens with one attached hydrogen (secondary N) is 1. The maximum atomic E-state index is 12.7. The van der Waals surface area contributed by atoms with Crippen LogP contribution in [0.25, 0.3) is 0 Å². The fourth-order valence-electron chi connectivity index (χ4n) is 3.14. The van der Waals surface area contributed by atoms with E-state index < -0.39 is 0 Å². The Balaban J connectivity index is 1.89. The second-order valence-corrected chi connectivity index (χ2v) is 7.57. The van der Waals surface area contributed by atoms with Gasteiger partial charge in [0.25, 0.3) is 0 Å². The normalized spacial score (nSPS) is 22.9. The van der Waals surface area contributed by atoms with Crippen molar-refractivity contribution in [1.29, 1.82) is 0 Å². The number of carbonyl (C=O) groups is 1. The van der Waals surface area contributed by atoms with Crippen LogP contribution in [0.4, 0.5) is 0 Å². The zero-order valence-electron chi connectivity index (χ0n) is 15.1. The average Bonchev–Trinajstić information content (AvgIpc) is 3.22. The van der Waals surface area contributed by atoms with Gasteiger partial charge in [-0.2, -0.15) is 0 Å². The molecule has 23 heavy (non-hydrogen) atoms. The topological polar surface area (TPSA) is 41.6 Å². The van der Waals surface area contributed by atoms with Crippen LogP contribution in [0.15, 0.2) is 30.3 Å². The maximum absolute atomic E-state index is 12.7. The largest absolute Gasteiger partial charge is 0.370 e. The SMILES string of the molecule is CC(C)C[C@H]1O[C@@H]1C[C@H](C(=O)N[C@@H](C)c1ccccc1)C(C)C. The minimum absolute atomic E-state index is 0.0170. The van der Waals surface area contributed by atoms with Crippen molar-refractivity contribution in [3.05, 3.63) is 35.9 Å². The molecule has 1 aliphatic rings. The lowest BCUT2D eigenvalue weighted by Gasteiger charge is -2.23. The molecule has 3 nitrogen and oxygen atoms in total. The molecular formula is C20H31NO2. The molecule has 1 fully saturated rings. The van der Waals surface area contributed by atoms with Crippen LogP contribution in [0.1, 0.15) is 59.1 Å². The summed E-state index contributed by atoms with van der Waals surface area (Å²) in [6, 6.07) is 10.2. The number of hydrogen-bond acceptors (Lipinski definition) is 2. The van der Waals surface area contributed by atoms with Gasteiger partial charge in [0, 0.05) is 5.92 Å². The van der Waals surface area contributed by atoms with Gasteiger partial charge in [-0.15, -0.1) is 0 Å². The molecule has 0 unspecified atom stereocenters. The molecule has 0 aliphatic carbocycles. The van der Waals surface area contributed by atoms with E-state index in [0.29, 0.717) is 17.9 Å².